The van der Waals surface area contributed by atoms with E-state index in [-0.39, 0.29) is 17.6 Å². The van der Waals surface area contributed by atoms with Crippen LogP contribution in [0.4, 0.5) is 0 Å². The van der Waals surface area contributed by atoms with Crippen LogP contribution in [0.5, 0.6) is 0 Å². The number of carbonyl (C=O) groups is 1. The molecular weight excluding hydrogens is 234 g/mol. The Morgan fingerprint density at radius 3 is 2.94 bits per heavy atom. The summed E-state index contributed by atoms with van der Waals surface area (Å²) in [6.07, 6.45) is 1.83. The first-order valence-electron chi connectivity index (χ1n) is 5.94. The van der Waals surface area contributed by atoms with Crippen LogP contribution < -0.4 is 0 Å². The number of carbonyl (C=O) groups excluding carboxylic acids is 1. The quantitative estimate of drug-likeness (QED) is 0.811. The molecule has 1 saturated heterocycles. The zero-order chi connectivity index (χ0) is 12.5. The third kappa shape index (κ3) is 2.87. The number of nitrogens with zero attached hydrogens (tertiary/aromatic N) is 1. The minimum atomic E-state index is -0.118. The van der Waals surface area contributed by atoms with Gasteiger partial charge in [-0.1, -0.05) is 6.07 Å². The van der Waals surface area contributed by atoms with E-state index >= 15 is 0 Å². The highest BCUT2D eigenvalue weighted by molar-refractivity contribution is 7.12. The summed E-state index contributed by atoms with van der Waals surface area (Å²) in [5.41, 5.74) is -0.118. The smallest absolute Gasteiger partial charge is 0.263 e. The summed E-state index contributed by atoms with van der Waals surface area (Å²) in [4.78, 5) is 14.9. The molecule has 1 aliphatic heterocycles. The molecule has 94 valence electrons. The van der Waals surface area contributed by atoms with Gasteiger partial charge in [0.05, 0.1) is 10.5 Å². The summed E-state index contributed by atoms with van der Waals surface area (Å²) in [6, 6.07) is 4.08. The third-order valence-electron chi connectivity index (χ3n) is 3.27. The van der Waals surface area contributed by atoms with Crippen LogP contribution in [-0.4, -0.2) is 36.1 Å². The lowest BCUT2D eigenvalue weighted by Crippen LogP contribution is -2.46. The van der Waals surface area contributed by atoms with E-state index in [1.165, 1.54) is 11.3 Å². The lowest BCUT2D eigenvalue weighted by Gasteiger charge is -2.39. The molecule has 3 nitrogen and oxygen atoms in total. The van der Waals surface area contributed by atoms with Gasteiger partial charge in [0.1, 0.15) is 0 Å². The molecule has 2 rings (SSSR count). The van der Waals surface area contributed by atoms with Gasteiger partial charge in [-0.2, -0.15) is 0 Å². The van der Waals surface area contributed by atoms with E-state index in [1.807, 2.05) is 29.5 Å². The number of rotatable bonds is 2. The van der Waals surface area contributed by atoms with Crippen molar-refractivity contribution in [2.75, 3.05) is 13.7 Å². The van der Waals surface area contributed by atoms with Crippen molar-refractivity contribution in [2.45, 2.75) is 38.3 Å². The minimum Gasteiger partial charge on any atom is -0.375 e. The highest BCUT2D eigenvalue weighted by atomic mass is 32.1. The van der Waals surface area contributed by atoms with Gasteiger partial charge in [0.15, 0.2) is 0 Å². The van der Waals surface area contributed by atoms with E-state index in [4.69, 9.17) is 4.74 Å². The predicted octanol–water partition coefficient (Wildman–Crippen LogP) is 2.78. The highest BCUT2D eigenvalue weighted by Gasteiger charge is 2.33. The zero-order valence-electron chi connectivity index (χ0n) is 10.6. The van der Waals surface area contributed by atoms with Gasteiger partial charge in [0.2, 0.25) is 0 Å². The van der Waals surface area contributed by atoms with Crippen LogP contribution in [0.15, 0.2) is 17.5 Å². The second kappa shape index (κ2) is 4.78. The molecule has 17 heavy (non-hydrogen) atoms. The second-order valence-corrected chi connectivity index (χ2v) is 6.10. The van der Waals surface area contributed by atoms with Crippen LogP contribution in [0.3, 0.4) is 0 Å². The van der Waals surface area contributed by atoms with Gasteiger partial charge in [-0.15, -0.1) is 11.3 Å². The average Bonchev–Trinajstić information content (AvgIpc) is 2.79. The minimum absolute atomic E-state index is 0.118. The van der Waals surface area contributed by atoms with Crippen LogP contribution in [-0.2, 0) is 4.74 Å². The van der Waals surface area contributed by atoms with Crippen molar-refractivity contribution in [3.8, 4) is 0 Å². The molecule has 1 fully saturated rings. The van der Waals surface area contributed by atoms with Gasteiger partial charge < -0.3 is 9.64 Å². The van der Waals surface area contributed by atoms with E-state index < -0.39 is 0 Å². The molecule has 1 aliphatic rings. The summed E-state index contributed by atoms with van der Waals surface area (Å²) >= 11 is 1.50. The van der Waals surface area contributed by atoms with Crippen molar-refractivity contribution < 1.29 is 9.53 Å². The van der Waals surface area contributed by atoms with Crippen molar-refractivity contribution in [1.29, 1.82) is 0 Å². The Balaban J connectivity index is 2.05. The van der Waals surface area contributed by atoms with Gasteiger partial charge >= 0.3 is 0 Å². The molecule has 0 spiro atoms. The molecule has 1 aromatic heterocycles. The molecule has 1 aromatic rings. The fourth-order valence-electron chi connectivity index (χ4n) is 2.27. The normalized spacial score (nSPS) is 23.4. The number of hydrogen-bond donors (Lipinski definition) is 0. The van der Waals surface area contributed by atoms with Crippen molar-refractivity contribution >= 4 is 17.2 Å². The SMILES string of the molecule is CN(C(=O)c1cccs1)[C@H]1CCOC(C)(C)C1. The fourth-order valence-corrected chi connectivity index (χ4v) is 2.98. The van der Waals surface area contributed by atoms with Crippen molar-refractivity contribution in [1.82, 2.24) is 4.90 Å². The summed E-state index contributed by atoms with van der Waals surface area (Å²) in [5, 5.41) is 1.94. The summed E-state index contributed by atoms with van der Waals surface area (Å²) in [5.74, 6) is 0.128. The Morgan fingerprint density at radius 2 is 2.35 bits per heavy atom. The Labute approximate surface area is 106 Å². The first kappa shape index (κ1) is 12.6. The lowest BCUT2D eigenvalue weighted by atomic mass is 9.93. The monoisotopic (exact) mass is 253 g/mol. The zero-order valence-corrected chi connectivity index (χ0v) is 11.4. The maximum Gasteiger partial charge on any atom is 0.263 e. The molecule has 2 heterocycles. The van der Waals surface area contributed by atoms with Gasteiger partial charge in [-0.05, 0) is 38.1 Å². The molecule has 4 heteroatoms. The first-order valence-corrected chi connectivity index (χ1v) is 6.82. The lowest BCUT2D eigenvalue weighted by molar-refractivity contribution is -0.0755. The molecule has 0 bridgehead atoms. The van der Waals surface area contributed by atoms with Gasteiger partial charge in [0.25, 0.3) is 5.91 Å². The predicted molar refractivity (Wildman–Crippen MR) is 69.5 cm³/mol. The molecule has 0 unspecified atom stereocenters. The maximum absolute atomic E-state index is 12.2. The first-order chi connectivity index (χ1) is 7.99. The van der Waals surface area contributed by atoms with Crippen LogP contribution in [0.25, 0.3) is 0 Å². The molecule has 0 aliphatic carbocycles. The van der Waals surface area contributed by atoms with Crippen LogP contribution in [0, 0.1) is 0 Å². The third-order valence-corrected chi connectivity index (χ3v) is 4.13. The summed E-state index contributed by atoms with van der Waals surface area (Å²) in [7, 11) is 1.90. The molecule has 1 atom stereocenters. The standard InChI is InChI=1S/C13H19NO2S/c1-13(2)9-10(6-7-16-13)14(3)12(15)11-5-4-8-17-11/h4-5,8,10H,6-7,9H2,1-3H3/t10-/m0/s1. The summed E-state index contributed by atoms with van der Waals surface area (Å²) < 4.78 is 5.68. The van der Waals surface area contributed by atoms with Gasteiger partial charge in [0, 0.05) is 19.7 Å². The van der Waals surface area contributed by atoms with Gasteiger partial charge in [-0.3, -0.25) is 4.79 Å². The van der Waals surface area contributed by atoms with Crippen molar-refractivity contribution in [2.24, 2.45) is 0 Å². The molecular formula is C13H19NO2S. The Hall–Kier alpha value is -0.870. The number of hydrogen-bond acceptors (Lipinski definition) is 3. The Kier molecular flexibility index (Phi) is 3.54. The molecule has 0 saturated carbocycles. The fraction of sp³-hybridized carbons (Fsp3) is 0.615. The Morgan fingerprint density at radius 1 is 1.59 bits per heavy atom. The molecule has 1 amide bonds. The van der Waals surface area contributed by atoms with Crippen LogP contribution in [0.2, 0.25) is 0 Å². The molecule has 0 radical (unpaired) electrons. The molecule has 0 aromatic carbocycles. The number of thiophene rings is 1. The Bertz CT molecular complexity index is 386. The second-order valence-electron chi connectivity index (χ2n) is 5.15. The van der Waals surface area contributed by atoms with E-state index in [0.717, 1.165) is 24.3 Å². The topological polar surface area (TPSA) is 29.5 Å². The van der Waals surface area contributed by atoms with E-state index in [9.17, 15) is 4.79 Å². The molecule has 0 N–H and O–H groups in total. The van der Waals surface area contributed by atoms with Crippen molar-refractivity contribution in [3.05, 3.63) is 22.4 Å². The van der Waals surface area contributed by atoms with Crippen LogP contribution >= 0.6 is 11.3 Å². The maximum atomic E-state index is 12.2. The largest absolute Gasteiger partial charge is 0.375 e. The average molecular weight is 253 g/mol. The number of ether oxygens (including phenoxy) is 1. The number of amides is 1. The van der Waals surface area contributed by atoms with E-state index in [0.29, 0.717) is 0 Å². The van der Waals surface area contributed by atoms with E-state index in [1.54, 1.807) is 0 Å². The highest BCUT2D eigenvalue weighted by Crippen LogP contribution is 2.27. The van der Waals surface area contributed by atoms with E-state index in [2.05, 4.69) is 13.8 Å². The van der Waals surface area contributed by atoms with Gasteiger partial charge in [-0.25, -0.2) is 0 Å². The van der Waals surface area contributed by atoms with Crippen molar-refractivity contribution in [3.63, 3.8) is 0 Å². The summed E-state index contributed by atoms with van der Waals surface area (Å²) in [6.45, 7) is 4.91. The van der Waals surface area contributed by atoms with Crippen LogP contribution in [0.1, 0.15) is 36.4 Å².